The number of fused-ring (bicyclic) bond motifs is 3. The van der Waals surface area contributed by atoms with E-state index in [1.807, 2.05) is 48.5 Å². The van der Waals surface area contributed by atoms with Gasteiger partial charge in [-0.05, 0) is 81.9 Å². The zero-order chi connectivity index (χ0) is 35.9. The molecule has 0 heterocycles. The fourth-order valence-corrected chi connectivity index (χ4v) is 6.85. The largest absolute Gasteiger partial charge is 0.478 e. The number of carbonyl (C=O) groups is 4. The Bertz CT molecular complexity index is 2210. The Labute approximate surface area is 290 Å². The van der Waals surface area contributed by atoms with Crippen LogP contribution in [0.1, 0.15) is 63.7 Å². The number of hydrogen-bond acceptors (Lipinski definition) is 6. The zero-order valence-corrected chi connectivity index (χ0v) is 26.4. The first kappa shape index (κ1) is 32.4. The van der Waals surface area contributed by atoms with Gasteiger partial charge in [-0.2, -0.15) is 0 Å². The van der Waals surface area contributed by atoms with Crippen LogP contribution in [0.5, 0.6) is 23.0 Å². The highest BCUT2D eigenvalue weighted by Gasteiger charge is 2.46. The molecule has 0 aromatic heterocycles. The first-order chi connectivity index (χ1) is 24.6. The highest BCUT2D eigenvalue weighted by atomic mass is 16.5. The molecule has 0 amide bonds. The predicted molar refractivity (Wildman–Crippen MR) is 185 cm³/mol. The lowest BCUT2D eigenvalue weighted by Crippen LogP contribution is -2.28. The van der Waals surface area contributed by atoms with Crippen molar-refractivity contribution in [1.29, 1.82) is 0 Å². The molecule has 0 bridgehead atoms. The topological polar surface area (TPSA) is 168 Å². The molecule has 10 nitrogen and oxygen atoms in total. The summed E-state index contributed by atoms with van der Waals surface area (Å²) >= 11 is 0. The Hall–Kier alpha value is -7.20. The quantitative estimate of drug-likeness (QED) is 0.110. The molecule has 0 saturated heterocycles. The molecule has 0 atom stereocenters. The molecule has 4 N–H and O–H groups in total. The minimum absolute atomic E-state index is 0.114. The summed E-state index contributed by atoms with van der Waals surface area (Å²) < 4.78 is 11.9. The second-order valence-corrected chi connectivity index (χ2v) is 11.7. The van der Waals surface area contributed by atoms with Crippen molar-refractivity contribution in [2.75, 3.05) is 0 Å². The molecule has 0 saturated carbocycles. The van der Waals surface area contributed by atoms with E-state index >= 15 is 0 Å². The molecule has 6 aromatic rings. The lowest BCUT2D eigenvalue weighted by molar-refractivity contribution is 0.0649. The Morgan fingerprint density at radius 3 is 1.14 bits per heavy atom. The molecule has 6 aromatic carbocycles. The second kappa shape index (κ2) is 12.7. The van der Waals surface area contributed by atoms with E-state index in [4.69, 9.17) is 9.47 Å². The standard InChI is InChI=1S/C41H26O10/c42-37(43)29-9-5-13-33(35(29)39(46)47)50-25-19-15-23(16-20-25)41(31-11-3-1-7-27(31)28-8-2-4-12-32(28)41)24-17-21-26(22-18-24)51-34-14-6-10-30(38(44)45)36(34)40(48)49/h1-22H,(H,42,43)(H,44,45)(H,46,47)(H,48,49). The molecular formula is C41H26O10. The fraction of sp³-hybridized carbons (Fsp3) is 0.0244. The van der Waals surface area contributed by atoms with Crippen LogP contribution < -0.4 is 9.47 Å². The van der Waals surface area contributed by atoms with Crippen molar-refractivity contribution < 1.29 is 49.1 Å². The summed E-state index contributed by atoms with van der Waals surface area (Å²) in [6.45, 7) is 0. The van der Waals surface area contributed by atoms with Gasteiger partial charge in [0.1, 0.15) is 34.1 Å². The van der Waals surface area contributed by atoms with Gasteiger partial charge in [-0.15, -0.1) is 0 Å². The molecule has 10 heteroatoms. The molecular weight excluding hydrogens is 652 g/mol. The maximum absolute atomic E-state index is 12.0. The van der Waals surface area contributed by atoms with Crippen LogP contribution >= 0.6 is 0 Å². The van der Waals surface area contributed by atoms with Crippen LogP contribution in [0.4, 0.5) is 0 Å². The summed E-state index contributed by atoms with van der Waals surface area (Å²) in [5.41, 5.74) is 3.19. The summed E-state index contributed by atoms with van der Waals surface area (Å²) in [6, 6.07) is 38.4. The van der Waals surface area contributed by atoms with Gasteiger partial charge in [-0.3, -0.25) is 0 Å². The van der Waals surface area contributed by atoms with Gasteiger partial charge in [0.05, 0.1) is 16.5 Å². The van der Waals surface area contributed by atoms with Gasteiger partial charge in [0.2, 0.25) is 0 Å². The maximum atomic E-state index is 12.0. The monoisotopic (exact) mass is 678 g/mol. The number of carboxylic acid groups (broad SMARTS) is 4. The first-order valence-electron chi connectivity index (χ1n) is 15.6. The molecule has 0 fully saturated rings. The van der Waals surface area contributed by atoms with Crippen molar-refractivity contribution in [3.05, 3.63) is 178 Å². The van der Waals surface area contributed by atoms with Crippen LogP contribution in [0.15, 0.2) is 133 Å². The summed E-state index contributed by atoms with van der Waals surface area (Å²) in [7, 11) is 0. The van der Waals surface area contributed by atoms with Gasteiger partial charge < -0.3 is 29.9 Å². The lowest BCUT2D eigenvalue weighted by Gasteiger charge is -2.34. The first-order valence-corrected chi connectivity index (χ1v) is 15.6. The number of rotatable bonds is 10. The van der Waals surface area contributed by atoms with Crippen molar-refractivity contribution in [2.24, 2.45) is 0 Å². The van der Waals surface area contributed by atoms with Gasteiger partial charge in [0, 0.05) is 0 Å². The van der Waals surface area contributed by atoms with Crippen LogP contribution in [0.3, 0.4) is 0 Å². The molecule has 51 heavy (non-hydrogen) atoms. The smallest absolute Gasteiger partial charge is 0.340 e. The maximum Gasteiger partial charge on any atom is 0.340 e. The van der Waals surface area contributed by atoms with E-state index in [-0.39, 0.29) is 11.5 Å². The average molecular weight is 679 g/mol. The Kier molecular flexibility index (Phi) is 8.04. The molecule has 1 aliphatic rings. The Balaban J connectivity index is 1.33. The van der Waals surface area contributed by atoms with Gasteiger partial charge in [0.15, 0.2) is 0 Å². The van der Waals surface area contributed by atoms with E-state index in [2.05, 4.69) is 24.3 Å². The number of hydrogen-bond donors (Lipinski definition) is 4. The van der Waals surface area contributed by atoms with E-state index in [9.17, 15) is 39.6 Å². The van der Waals surface area contributed by atoms with E-state index < -0.39 is 51.5 Å². The van der Waals surface area contributed by atoms with Gasteiger partial charge in [-0.1, -0.05) is 84.9 Å². The Morgan fingerprint density at radius 1 is 0.412 bits per heavy atom. The van der Waals surface area contributed by atoms with Crippen molar-refractivity contribution >= 4 is 23.9 Å². The molecule has 0 aliphatic heterocycles. The Morgan fingerprint density at radius 2 is 0.784 bits per heavy atom. The summed E-state index contributed by atoms with van der Waals surface area (Å²) in [5, 5.41) is 38.6. The van der Waals surface area contributed by atoms with Crippen LogP contribution in [-0.4, -0.2) is 44.3 Å². The van der Waals surface area contributed by atoms with Crippen molar-refractivity contribution in [1.82, 2.24) is 0 Å². The molecule has 250 valence electrons. The highest BCUT2D eigenvalue weighted by Crippen LogP contribution is 2.56. The van der Waals surface area contributed by atoms with Crippen molar-refractivity contribution in [2.45, 2.75) is 5.41 Å². The van der Waals surface area contributed by atoms with Crippen molar-refractivity contribution in [3.63, 3.8) is 0 Å². The normalized spacial score (nSPS) is 12.3. The summed E-state index contributed by atoms with van der Waals surface area (Å²) in [4.78, 5) is 47.5. The van der Waals surface area contributed by atoms with Gasteiger partial charge >= 0.3 is 23.9 Å². The molecule has 0 radical (unpaired) electrons. The number of carboxylic acids is 4. The van der Waals surface area contributed by atoms with E-state index in [0.29, 0.717) is 11.5 Å². The second-order valence-electron chi connectivity index (χ2n) is 11.7. The van der Waals surface area contributed by atoms with Crippen LogP contribution in [0.2, 0.25) is 0 Å². The van der Waals surface area contributed by atoms with Crippen LogP contribution in [0, 0.1) is 0 Å². The molecule has 0 spiro atoms. The number of benzene rings is 6. The van der Waals surface area contributed by atoms with E-state index in [1.54, 1.807) is 24.3 Å². The fourth-order valence-electron chi connectivity index (χ4n) is 6.85. The zero-order valence-electron chi connectivity index (χ0n) is 26.4. The SMILES string of the molecule is O=C(O)c1cccc(Oc2ccc(C3(c4ccc(Oc5cccc(C(=O)O)c5C(=O)O)cc4)c4ccccc4-c4ccccc43)cc2)c1C(=O)O. The molecule has 1 aliphatic carbocycles. The third-order valence-electron chi connectivity index (χ3n) is 8.92. The predicted octanol–water partition coefficient (Wildman–Crippen LogP) is 8.43. The van der Waals surface area contributed by atoms with Crippen LogP contribution in [-0.2, 0) is 5.41 Å². The third-order valence-corrected chi connectivity index (χ3v) is 8.92. The minimum Gasteiger partial charge on any atom is -0.478 e. The average Bonchev–Trinajstić information content (AvgIpc) is 3.43. The van der Waals surface area contributed by atoms with Crippen LogP contribution in [0.25, 0.3) is 11.1 Å². The summed E-state index contributed by atoms with van der Waals surface area (Å²) in [5.74, 6) is -5.28. The third kappa shape index (κ3) is 5.41. The van der Waals surface area contributed by atoms with E-state index in [0.717, 1.165) is 33.4 Å². The highest BCUT2D eigenvalue weighted by molar-refractivity contribution is 6.04. The minimum atomic E-state index is -1.43. The number of aromatic carboxylic acids is 4. The van der Waals surface area contributed by atoms with E-state index in [1.165, 1.54) is 36.4 Å². The van der Waals surface area contributed by atoms with Crippen molar-refractivity contribution in [3.8, 4) is 34.1 Å². The van der Waals surface area contributed by atoms with Gasteiger partial charge in [-0.25, -0.2) is 19.2 Å². The summed E-state index contributed by atoms with van der Waals surface area (Å²) in [6.07, 6.45) is 0. The van der Waals surface area contributed by atoms with Gasteiger partial charge in [0.25, 0.3) is 0 Å². The molecule has 0 unspecified atom stereocenters. The number of ether oxygens (including phenoxy) is 2. The molecule has 7 rings (SSSR count). The lowest BCUT2D eigenvalue weighted by atomic mass is 9.68.